The minimum atomic E-state index is -4.68. The van der Waals surface area contributed by atoms with Crippen molar-refractivity contribution in [2.45, 2.75) is 13.1 Å². The molecule has 2 rings (SSSR count). The number of rotatable bonds is 5. The zero-order valence-corrected chi connectivity index (χ0v) is 15.2. The van der Waals surface area contributed by atoms with Gasteiger partial charge < -0.3 is 9.80 Å². The summed E-state index contributed by atoms with van der Waals surface area (Å²) in [4.78, 5) is 6.65. The van der Waals surface area contributed by atoms with Crippen molar-refractivity contribution >= 4 is 35.0 Å². The van der Waals surface area contributed by atoms with E-state index in [0.29, 0.717) is 18.3 Å². The molecule has 0 amide bonds. The van der Waals surface area contributed by atoms with Gasteiger partial charge in [0.1, 0.15) is 5.69 Å². The fourth-order valence-electron chi connectivity index (χ4n) is 2.25. The lowest BCUT2D eigenvalue weighted by Gasteiger charge is -2.25. The maximum atomic E-state index is 14.4. The van der Waals surface area contributed by atoms with Gasteiger partial charge in [0.2, 0.25) is 0 Å². The van der Waals surface area contributed by atoms with Crippen LogP contribution in [0.25, 0.3) is 0 Å². The van der Waals surface area contributed by atoms with E-state index in [1.165, 1.54) is 18.3 Å². The van der Waals surface area contributed by atoms with Crippen LogP contribution in [0.1, 0.15) is 12.5 Å². The molecule has 0 bridgehead atoms. The van der Waals surface area contributed by atoms with E-state index in [0.717, 1.165) is 6.07 Å². The Morgan fingerprint density at radius 1 is 1.12 bits per heavy atom. The van der Waals surface area contributed by atoms with Crippen LogP contribution in [0, 0.1) is 5.82 Å². The zero-order valence-electron chi connectivity index (χ0n) is 14.5. The van der Waals surface area contributed by atoms with Gasteiger partial charge in [-0.05, 0) is 25.1 Å². The number of nitrogens with zero attached hydrogens (tertiary/aromatic N) is 3. The summed E-state index contributed by atoms with van der Waals surface area (Å²) >= 11 is 6.06. The van der Waals surface area contributed by atoms with E-state index in [2.05, 4.69) is 4.99 Å². The lowest BCUT2D eigenvalue weighted by molar-refractivity contribution is -0.137. The Labute approximate surface area is 154 Å². The highest BCUT2D eigenvalue weighted by Crippen LogP contribution is 2.42. The van der Waals surface area contributed by atoms with Gasteiger partial charge in [-0.15, -0.1) is 0 Å². The van der Waals surface area contributed by atoms with E-state index in [-0.39, 0.29) is 16.4 Å². The monoisotopic (exact) mass is 387 g/mol. The molecule has 0 fully saturated rings. The van der Waals surface area contributed by atoms with Crippen LogP contribution in [-0.2, 0) is 6.18 Å². The number of halogens is 5. The number of alkyl halides is 3. The van der Waals surface area contributed by atoms with Crippen molar-refractivity contribution in [2.75, 3.05) is 25.5 Å². The van der Waals surface area contributed by atoms with Crippen molar-refractivity contribution < 1.29 is 17.6 Å². The Morgan fingerprint density at radius 3 is 2.35 bits per heavy atom. The van der Waals surface area contributed by atoms with Crippen LogP contribution in [0.15, 0.2) is 41.4 Å². The highest BCUT2D eigenvalue weighted by molar-refractivity contribution is 6.33. The van der Waals surface area contributed by atoms with Crippen molar-refractivity contribution in [3.8, 4) is 0 Å². The van der Waals surface area contributed by atoms with Crippen molar-refractivity contribution in [1.82, 2.24) is 4.90 Å². The molecule has 140 valence electrons. The van der Waals surface area contributed by atoms with E-state index in [9.17, 15) is 17.6 Å². The largest absolute Gasteiger partial charge is 0.418 e. The quantitative estimate of drug-likeness (QED) is 0.362. The summed E-state index contributed by atoms with van der Waals surface area (Å²) in [5.74, 6) is -0.854. The molecule has 0 aliphatic heterocycles. The molecule has 0 radical (unpaired) electrons. The second-order valence-corrected chi connectivity index (χ2v) is 6.05. The van der Waals surface area contributed by atoms with Gasteiger partial charge in [-0.25, -0.2) is 9.38 Å². The first kappa shape index (κ1) is 20.0. The summed E-state index contributed by atoms with van der Waals surface area (Å²) in [7, 11) is 3.09. The molecule has 0 atom stereocenters. The third kappa shape index (κ3) is 4.46. The lowest BCUT2D eigenvalue weighted by atomic mass is 10.1. The summed E-state index contributed by atoms with van der Waals surface area (Å²) in [6.07, 6.45) is -3.39. The van der Waals surface area contributed by atoms with Gasteiger partial charge in [-0.1, -0.05) is 23.7 Å². The first-order valence-electron chi connectivity index (χ1n) is 7.78. The molecule has 0 aliphatic carbocycles. The second-order valence-electron chi connectivity index (χ2n) is 5.65. The molecule has 2 aromatic rings. The molecule has 2 aromatic carbocycles. The third-order valence-electron chi connectivity index (χ3n) is 3.84. The van der Waals surface area contributed by atoms with Crippen LogP contribution in [0.5, 0.6) is 0 Å². The average Bonchev–Trinajstić information content (AvgIpc) is 2.58. The first-order valence-corrected chi connectivity index (χ1v) is 8.16. The van der Waals surface area contributed by atoms with E-state index in [1.54, 1.807) is 36.2 Å². The Balaban J connectivity index is 2.58. The van der Waals surface area contributed by atoms with E-state index in [4.69, 9.17) is 11.6 Å². The maximum absolute atomic E-state index is 14.4. The molecule has 0 unspecified atom stereocenters. The molecule has 0 aliphatic rings. The minimum Gasteiger partial charge on any atom is -0.366 e. The van der Waals surface area contributed by atoms with Crippen molar-refractivity contribution in [1.29, 1.82) is 0 Å². The number of para-hydroxylation sites is 1. The van der Waals surface area contributed by atoms with E-state index >= 15 is 0 Å². The number of aliphatic imine (C=N–C) groups is 1. The molecule has 3 nitrogen and oxygen atoms in total. The number of hydrogen-bond acceptors (Lipinski definition) is 2. The van der Waals surface area contributed by atoms with Crippen molar-refractivity contribution in [3.63, 3.8) is 0 Å². The van der Waals surface area contributed by atoms with Gasteiger partial charge in [0.05, 0.1) is 28.3 Å². The molecule has 0 saturated heterocycles. The summed E-state index contributed by atoms with van der Waals surface area (Å²) in [6, 6.07) is 7.94. The maximum Gasteiger partial charge on any atom is 0.418 e. The van der Waals surface area contributed by atoms with Crippen LogP contribution in [-0.4, -0.2) is 31.9 Å². The molecule has 0 saturated carbocycles. The van der Waals surface area contributed by atoms with Crippen LogP contribution in [0.2, 0.25) is 5.02 Å². The topological polar surface area (TPSA) is 18.8 Å². The highest BCUT2D eigenvalue weighted by atomic mass is 35.5. The molecule has 26 heavy (non-hydrogen) atoms. The smallest absolute Gasteiger partial charge is 0.366 e. The Morgan fingerprint density at radius 2 is 1.77 bits per heavy atom. The number of benzene rings is 2. The summed E-state index contributed by atoms with van der Waals surface area (Å²) in [5, 5.41) is 0.259. The average molecular weight is 388 g/mol. The summed E-state index contributed by atoms with van der Waals surface area (Å²) in [6.45, 7) is 2.43. The van der Waals surface area contributed by atoms with Gasteiger partial charge in [0.15, 0.2) is 5.82 Å². The molecule has 0 aromatic heterocycles. The Hall–Kier alpha value is -2.28. The summed E-state index contributed by atoms with van der Waals surface area (Å²) in [5.41, 5.74) is -1.38. The molecular formula is C18H18ClF4N3. The van der Waals surface area contributed by atoms with Gasteiger partial charge in [-0.2, -0.15) is 13.2 Å². The SMILES string of the molecule is CCN(C)/C=N\c1cc(C(F)(F)F)c(N(C)c2ccccc2Cl)cc1F. The Bertz CT molecular complexity index is 806. The fraction of sp³-hybridized carbons (Fsp3) is 0.278. The van der Waals surface area contributed by atoms with Crippen LogP contribution >= 0.6 is 11.6 Å². The standard InChI is InChI=1S/C18H18ClF4N3/c1-4-25(2)11-24-15-9-12(18(21,22)23)17(10-14(15)20)26(3)16-8-6-5-7-13(16)19/h5-11H,4H2,1-3H3/b24-11-. The van der Waals surface area contributed by atoms with E-state index < -0.39 is 17.6 Å². The molecule has 0 spiro atoms. The highest BCUT2D eigenvalue weighted by Gasteiger charge is 2.36. The van der Waals surface area contributed by atoms with Crippen molar-refractivity contribution in [2.24, 2.45) is 4.99 Å². The second kappa shape index (κ2) is 7.95. The Kier molecular flexibility index (Phi) is 6.13. The van der Waals surface area contributed by atoms with Gasteiger partial charge >= 0.3 is 6.18 Å². The van der Waals surface area contributed by atoms with Gasteiger partial charge in [0.25, 0.3) is 0 Å². The molecule has 8 heteroatoms. The molecular weight excluding hydrogens is 370 g/mol. The number of anilines is 2. The van der Waals surface area contributed by atoms with Crippen molar-refractivity contribution in [3.05, 3.63) is 52.8 Å². The van der Waals surface area contributed by atoms with E-state index in [1.807, 2.05) is 6.92 Å². The lowest BCUT2D eigenvalue weighted by Crippen LogP contribution is -2.17. The normalized spacial score (nSPS) is 11.8. The first-order chi connectivity index (χ1) is 12.1. The molecule has 0 heterocycles. The van der Waals surface area contributed by atoms with Crippen LogP contribution < -0.4 is 4.90 Å². The third-order valence-corrected chi connectivity index (χ3v) is 4.16. The summed E-state index contributed by atoms with van der Waals surface area (Å²) < 4.78 is 55.1. The van der Waals surface area contributed by atoms with Crippen LogP contribution in [0.4, 0.5) is 34.6 Å². The molecule has 0 N–H and O–H groups in total. The number of hydrogen-bond donors (Lipinski definition) is 0. The minimum absolute atomic E-state index is 0.259. The fourth-order valence-corrected chi connectivity index (χ4v) is 2.51. The zero-order chi connectivity index (χ0) is 19.5. The predicted molar refractivity (Wildman–Crippen MR) is 97.4 cm³/mol. The van der Waals surface area contributed by atoms with Crippen LogP contribution in [0.3, 0.4) is 0 Å². The van der Waals surface area contributed by atoms with Gasteiger partial charge in [0, 0.05) is 26.7 Å². The predicted octanol–water partition coefficient (Wildman–Crippen LogP) is 5.88. The van der Waals surface area contributed by atoms with Gasteiger partial charge in [-0.3, -0.25) is 0 Å².